The largest absolute Gasteiger partial charge is 0.326 e. The second kappa shape index (κ2) is 9.14. The molecule has 0 aliphatic carbocycles. The number of hydrogen-bond donors (Lipinski definition) is 2. The molecule has 2 amide bonds. The highest BCUT2D eigenvalue weighted by atomic mass is 32.1. The summed E-state index contributed by atoms with van der Waals surface area (Å²) in [5.41, 5.74) is 1.30. The van der Waals surface area contributed by atoms with Crippen LogP contribution in [0.5, 0.6) is 0 Å². The van der Waals surface area contributed by atoms with E-state index in [1.807, 2.05) is 17.5 Å². The Hall–Kier alpha value is -2.93. The molecule has 1 atom stereocenters. The van der Waals surface area contributed by atoms with E-state index in [1.165, 1.54) is 4.88 Å². The lowest BCUT2D eigenvalue weighted by atomic mass is 10.2. The van der Waals surface area contributed by atoms with Crippen LogP contribution in [-0.2, 0) is 16.0 Å². The Balaban J connectivity index is 1.50. The predicted molar refractivity (Wildman–Crippen MR) is 108 cm³/mol. The van der Waals surface area contributed by atoms with Gasteiger partial charge in [-0.1, -0.05) is 12.1 Å². The maximum Gasteiger partial charge on any atom is 0.248 e. The lowest BCUT2D eigenvalue weighted by molar-refractivity contribution is -0.119. The Labute approximate surface area is 162 Å². The molecule has 1 aromatic carbocycles. The van der Waals surface area contributed by atoms with E-state index in [-0.39, 0.29) is 11.8 Å². The van der Waals surface area contributed by atoms with E-state index in [4.69, 9.17) is 0 Å². The van der Waals surface area contributed by atoms with Gasteiger partial charge in [0.25, 0.3) is 0 Å². The number of carbonyl (C=O) groups excluding carboxylic acids is 2. The topological polar surface area (TPSA) is 76.0 Å². The van der Waals surface area contributed by atoms with Crippen LogP contribution in [0.4, 0.5) is 11.4 Å². The van der Waals surface area contributed by atoms with Crippen molar-refractivity contribution in [2.45, 2.75) is 32.2 Å². The first-order valence-electron chi connectivity index (χ1n) is 8.84. The Kier molecular flexibility index (Phi) is 6.38. The highest BCUT2D eigenvalue weighted by molar-refractivity contribution is 7.09. The van der Waals surface area contributed by atoms with Gasteiger partial charge in [0.15, 0.2) is 0 Å². The molecule has 0 saturated carbocycles. The summed E-state index contributed by atoms with van der Waals surface area (Å²) in [7, 11) is 0. The molecule has 3 aromatic rings. The molecule has 2 N–H and O–H groups in total. The van der Waals surface area contributed by atoms with Crippen molar-refractivity contribution in [2.24, 2.45) is 0 Å². The van der Waals surface area contributed by atoms with Gasteiger partial charge < -0.3 is 10.6 Å². The number of carbonyl (C=O) groups is 2. The van der Waals surface area contributed by atoms with E-state index in [0.717, 1.165) is 12.8 Å². The molecule has 0 aliphatic heterocycles. The molecule has 0 bridgehead atoms. The fourth-order valence-electron chi connectivity index (χ4n) is 2.65. The SMILES string of the molecule is CC(C(=O)Nc1cccc(NC(=O)CCCc2cccs2)c1)n1cccn1. The van der Waals surface area contributed by atoms with Crippen LogP contribution in [0, 0.1) is 0 Å². The van der Waals surface area contributed by atoms with Crippen LogP contribution < -0.4 is 10.6 Å². The summed E-state index contributed by atoms with van der Waals surface area (Å²) >= 11 is 1.71. The van der Waals surface area contributed by atoms with E-state index >= 15 is 0 Å². The van der Waals surface area contributed by atoms with Crippen LogP contribution in [-0.4, -0.2) is 21.6 Å². The zero-order valence-corrected chi connectivity index (χ0v) is 15.9. The lowest BCUT2D eigenvalue weighted by Crippen LogP contribution is -2.24. The minimum atomic E-state index is -0.421. The number of rotatable bonds is 8. The zero-order valence-electron chi connectivity index (χ0n) is 15.1. The molecule has 3 rings (SSSR count). The molecule has 1 unspecified atom stereocenters. The molecular formula is C20H22N4O2S. The van der Waals surface area contributed by atoms with Crippen molar-refractivity contribution in [2.75, 3.05) is 10.6 Å². The van der Waals surface area contributed by atoms with Crippen molar-refractivity contribution in [3.63, 3.8) is 0 Å². The van der Waals surface area contributed by atoms with E-state index in [2.05, 4.69) is 21.8 Å². The van der Waals surface area contributed by atoms with Crippen LogP contribution in [0.15, 0.2) is 60.2 Å². The smallest absolute Gasteiger partial charge is 0.248 e. The molecule has 0 saturated heterocycles. The number of aryl methyl sites for hydroxylation is 1. The van der Waals surface area contributed by atoms with Gasteiger partial charge in [0.05, 0.1) is 0 Å². The molecule has 0 fully saturated rings. The Morgan fingerprint density at radius 2 is 1.96 bits per heavy atom. The zero-order chi connectivity index (χ0) is 19.1. The standard InChI is InChI=1S/C20H22N4O2S/c1-15(24-12-5-11-21-24)20(26)23-17-7-2-6-16(14-17)22-19(25)10-3-8-18-9-4-13-27-18/h2,4-7,9,11-15H,3,8,10H2,1H3,(H,22,25)(H,23,26). The number of aromatic nitrogens is 2. The van der Waals surface area contributed by atoms with Crippen molar-refractivity contribution in [1.29, 1.82) is 0 Å². The summed E-state index contributed by atoms with van der Waals surface area (Å²) < 4.78 is 1.59. The summed E-state index contributed by atoms with van der Waals surface area (Å²) in [4.78, 5) is 25.8. The van der Waals surface area contributed by atoms with Gasteiger partial charge in [-0.3, -0.25) is 14.3 Å². The molecule has 2 heterocycles. The summed E-state index contributed by atoms with van der Waals surface area (Å²) in [5.74, 6) is -0.196. The number of nitrogens with one attached hydrogen (secondary N) is 2. The number of amides is 2. The number of nitrogens with zero attached hydrogens (tertiary/aromatic N) is 2. The molecule has 6 nitrogen and oxygen atoms in total. The summed E-state index contributed by atoms with van der Waals surface area (Å²) in [6, 6.07) is 12.6. The molecule has 7 heteroatoms. The van der Waals surface area contributed by atoms with Crippen molar-refractivity contribution in [3.05, 3.63) is 65.1 Å². The van der Waals surface area contributed by atoms with Crippen molar-refractivity contribution < 1.29 is 9.59 Å². The average molecular weight is 382 g/mol. The minimum absolute atomic E-state index is 0.0278. The Morgan fingerprint density at radius 3 is 2.67 bits per heavy atom. The van der Waals surface area contributed by atoms with Gasteiger partial charge in [0.2, 0.25) is 11.8 Å². The molecule has 140 valence electrons. The van der Waals surface area contributed by atoms with Crippen LogP contribution in [0.1, 0.15) is 30.7 Å². The van der Waals surface area contributed by atoms with Crippen LogP contribution in [0.2, 0.25) is 0 Å². The van der Waals surface area contributed by atoms with Crippen molar-refractivity contribution in [1.82, 2.24) is 9.78 Å². The monoisotopic (exact) mass is 382 g/mol. The number of benzene rings is 1. The molecular weight excluding hydrogens is 360 g/mol. The van der Waals surface area contributed by atoms with E-state index < -0.39 is 6.04 Å². The van der Waals surface area contributed by atoms with Crippen LogP contribution in [0.25, 0.3) is 0 Å². The van der Waals surface area contributed by atoms with Gasteiger partial charge in [-0.25, -0.2) is 0 Å². The maximum absolute atomic E-state index is 12.3. The summed E-state index contributed by atoms with van der Waals surface area (Å²) in [5, 5.41) is 11.9. The predicted octanol–water partition coefficient (Wildman–Crippen LogP) is 4.11. The van der Waals surface area contributed by atoms with Gasteiger partial charge in [0, 0.05) is 35.1 Å². The summed E-state index contributed by atoms with van der Waals surface area (Å²) in [6.45, 7) is 1.78. The fourth-order valence-corrected chi connectivity index (χ4v) is 3.40. The first-order chi connectivity index (χ1) is 13.1. The number of thiophene rings is 1. The second-order valence-electron chi connectivity index (χ2n) is 6.21. The van der Waals surface area contributed by atoms with Gasteiger partial charge in [-0.2, -0.15) is 5.10 Å². The van der Waals surface area contributed by atoms with Crippen LogP contribution >= 0.6 is 11.3 Å². The number of anilines is 2. The number of hydrogen-bond acceptors (Lipinski definition) is 4. The average Bonchev–Trinajstić information content (AvgIpc) is 3.35. The van der Waals surface area contributed by atoms with E-state index in [1.54, 1.807) is 59.6 Å². The van der Waals surface area contributed by atoms with Gasteiger partial charge in [-0.15, -0.1) is 11.3 Å². The van der Waals surface area contributed by atoms with Gasteiger partial charge >= 0.3 is 0 Å². The minimum Gasteiger partial charge on any atom is -0.326 e. The quantitative estimate of drug-likeness (QED) is 0.616. The first kappa shape index (κ1) is 18.8. The fraction of sp³-hybridized carbons (Fsp3) is 0.250. The highest BCUT2D eigenvalue weighted by Crippen LogP contribution is 2.18. The molecule has 0 spiro atoms. The molecule has 0 aliphatic rings. The first-order valence-corrected chi connectivity index (χ1v) is 9.72. The molecule has 2 aromatic heterocycles. The molecule has 27 heavy (non-hydrogen) atoms. The Morgan fingerprint density at radius 1 is 1.15 bits per heavy atom. The van der Waals surface area contributed by atoms with Gasteiger partial charge in [-0.05, 0) is 55.5 Å². The second-order valence-corrected chi connectivity index (χ2v) is 7.25. The molecule has 0 radical (unpaired) electrons. The van der Waals surface area contributed by atoms with Crippen LogP contribution in [0.3, 0.4) is 0 Å². The highest BCUT2D eigenvalue weighted by Gasteiger charge is 2.15. The Bertz CT molecular complexity index is 875. The lowest BCUT2D eigenvalue weighted by Gasteiger charge is -2.13. The van der Waals surface area contributed by atoms with E-state index in [9.17, 15) is 9.59 Å². The van der Waals surface area contributed by atoms with Crippen molar-refractivity contribution in [3.8, 4) is 0 Å². The normalized spacial score (nSPS) is 11.7. The summed E-state index contributed by atoms with van der Waals surface area (Å²) in [6.07, 6.45) is 5.57. The third kappa shape index (κ3) is 5.52. The maximum atomic E-state index is 12.3. The third-order valence-corrected chi connectivity index (χ3v) is 5.06. The van der Waals surface area contributed by atoms with E-state index in [0.29, 0.717) is 17.8 Å². The third-order valence-electron chi connectivity index (χ3n) is 4.12. The van der Waals surface area contributed by atoms with Gasteiger partial charge in [0.1, 0.15) is 6.04 Å². The van der Waals surface area contributed by atoms with Crippen molar-refractivity contribution >= 4 is 34.5 Å².